The van der Waals surface area contributed by atoms with E-state index >= 15 is 0 Å². The average molecular weight is 472 g/mol. The van der Waals surface area contributed by atoms with Gasteiger partial charge in [-0.05, 0) is 38.0 Å². The molecule has 3 heterocycles. The molecule has 0 spiro atoms. The molecule has 1 amide bonds. The Morgan fingerprint density at radius 2 is 1.91 bits per heavy atom. The molecule has 32 heavy (non-hydrogen) atoms. The summed E-state index contributed by atoms with van der Waals surface area (Å²) < 4.78 is 26.7. The number of nitrogens with one attached hydrogen (secondary N) is 2. The van der Waals surface area contributed by atoms with Crippen LogP contribution in [0.15, 0.2) is 36.0 Å². The second-order valence-corrected chi connectivity index (χ2v) is 9.88. The highest BCUT2D eigenvalue weighted by Crippen LogP contribution is 2.26. The number of anilines is 2. The summed E-state index contributed by atoms with van der Waals surface area (Å²) in [7, 11) is -3.33. The predicted molar refractivity (Wildman–Crippen MR) is 123 cm³/mol. The molecule has 2 N–H and O–H groups in total. The van der Waals surface area contributed by atoms with Crippen LogP contribution in [0.4, 0.5) is 10.8 Å². The van der Waals surface area contributed by atoms with Crippen LogP contribution in [0.2, 0.25) is 0 Å². The standard InChI is InChI=1S/C20H21N7O3S2/c1-12-16(13(2)27-19(23-12)21-11-22-27)8-9-18(28)25-20-24-17(10-31-20)14-4-6-15(7-5-14)26-32(3,29)30/h4-7,10-11,26H,8-9H2,1-3H3,(H,24,25,28). The van der Waals surface area contributed by atoms with Crippen LogP contribution < -0.4 is 10.0 Å². The molecule has 1 aromatic carbocycles. The minimum absolute atomic E-state index is 0.143. The van der Waals surface area contributed by atoms with Crippen molar-refractivity contribution in [2.45, 2.75) is 26.7 Å². The zero-order chi connectivity index (χ0) is 22.9. The number of carbonyl (C=O) groups excluding carboxylic acids is 1. The fourth-order valence-corrected chi connectivity index (χ4v) is 4.62. The molecule has 12 heteroatoms. The van der Waals surface area contributed by atoms with E-state index in [1.165, 1.54) is 17.7 Å². The molecule has 0 radical (unpaired) electrons. The molecular weight excluding hydrogens is 450 g/mol. The lowest BCUT2D eigenvalue weighted by Crippen LogP contribution is -2.14. The van der Waals surface area contributed by atoms with Gasteiger partial charge in [-0.15, -0.1) is 11.3 Å². The van der Waals surface area contributed by atoms with E-state index in [-0.39, 0.29) is 12.3 Å². The number of sulfonamides is 1. The van der Waals surface area contributed by atoms with Gasteiger partial charge in [-0.3, -0.25) is 9.52 Å². The molecule has 0 fully saturated rings. The number of carbonyl (C=O) groups is 1. The maximum absolute atomic E-state index is 12.5. The molecule has 166 valence electrons. The van der Waals surface area contributed by atoms with Crippen molar-refractivity contribution in [1.82, 2.24) is 24.6 Å². The minimum Gasteiger partial charge on any atom is -0.302 e. The summed E-state index contributed by atoms with van der Waals surface area (Å²) in [5.74, 6) is 0.403. The Hall–Kier alpha value is -3.38. The van der Waals surface area contributed by atoms with Crippen molar-refractivity contribution in [1.29, 1.82) is 0 Å². The first kappa shape index (κ1) is 21.8. The smallest absolute Gasteiger partial charge is 0.252 e. The zero-order valence-electron chi connectivity index (χ0n) is 17.7. The highest BCUT2D eigenvalue weighted by molar-refractivity contribution is 7.92. The van der Waals surface area contributed by atoms with Crippen molar-refractivity contribution >= 4 is 43.9 Å². The molecule has 0 saturated carbocycles. The molecule has 3 aromatic heterocycles. The third-order valence-corrected chi connectivity index (χ3v) is 6.19. The number of benzene rings is 1. The van der Waals surface area contributed by atoms with Crippen molar-refractivity contribution in [2.75, 3.05) is 16.3 Å². The third kappa shape index (κ3) is 4.92. The highest BCUT2D eigenvalue weighted by Gasteiger charge is 2.14. The molecule has 0 bridgehead atoms. The van der Waals surface area contributed by atoms with Crippen molar-refractivity contribution in [2.24, 2.45) is 0 Å². The number of rotatable bonds is 7. The van der Waals surface area contributed by atoms with Gasteiger partial charge in [0.1, 0.15) is 6.33 Å². The number of fused-ring (bicyclic) bond motifs is 1. The first-order valence-electron chi connectivity index (χ1n) is 9.69. The number of amides is 1. The van der Waals surface area contributed by atoms with Crippen LogP contribution in [0.25, 0.3) is 17.0 Å². The first-order chi connectivity index (χ1) is 15.2. The summed E-state index contributed by atoms with van der Waals surface area (Å²) >= 11 is 1.33. The van der Waals surface area contributed by atoms with Gasteiger partial charge in [0, 0.05) is 34.4 Å². The van der Waals surface area contributed by atoms with Gasteiger partial charge >= 0.3 is 0 Å². The summed E-state index contributed by atoms with van der Waals surface area (Å²) in [6, 6.07) is 6.87. The van der Waals surface area contributed by atoms with Gasteiger partial charge in [-0.1, -0.05) is 12.1 Å². The Morgan fingerprint density at radius 3 is 2.62 bits per heavy atom. The SMILES string of the molecule is Cc1nc2ncnn2c(C)c1CCC(=O)Nc1nc(-c2ccc(NS(C)(=O)=O)cc2)cs1. The minimum atomic E-state index is -3.33. The summed E-state index contributed by atoms with van der Waals surface area (Å²) in [5, 5.41) is 9.35. The summed E-state index contributed by atoms with van der Waals surface area (Å²) in [5.41, 5.74) is 4.72. The molecule has 4 aromatic rings. The maximum atomic E-state index is 12.5. The summed E-state index contributed by atoms with van der Waals surface area (Å²) in [6.07, 6.45) is 3.37. The van der Waals surface area contributed by atoms with Crippen LogP contribution in [0, 0.1) is 13.8 Å². The monoisotopic (exact) mass is 471 g/mol. The second-order valence-electron chi connectivity index (χ2n) is 7.27. The lowest BCUT2D eigenvalue weighted by atomic mass is 10.1. The number of nitrogens with zero attached hydrogens (tertiary/aromatic N) is 5. The van der Waals surface area contributed by atoms with Gasteiger partial charge < -0.3 is 5.32 Å². The Kier molecular flexibility index (Phi) is 5.89. The topological polar surface area (TPSA) is 131 Å². The van der Waals surface area contributed by atoms with Gasteiger partial charge in [-0.2, -0.15) is 10.1 Å². The van der Waals surface area contributed by atoms with Crippen molar-refractivity contribution < 1.29 is 13.2 Å². The molecule has 0 aliphatic carbocycles. The Morgan fingerprint density at radius 1 is 1.16 bits per heavy atom. The Bertz CT molecular complexity index is 1390. The molecular formula is C20H21N7O3S2. The lowest BCUT2D eigenvalue weighted by Gasteiger charge is -2.10. The van der Waals surface area contributed by atoms with Crippen molar-refractivity contribution in [3.05, 3.63) is 52.9 Å². The van der Waals surface area contributed by atoms with Crippen molar-refractivity contribution in [3.8, 4) is 11.3 Å². The van der Waals surface area contributed by atoms with Crippen LogP contribution in [0.1, 0.15) is 23.4 Å². The second kappa shape index (κ2) is 8.63. The van der Waals surface area contributed by atoms with Crippen LogP contribution in [-0.4, -0.2) is 45.1 Å². The molecule has 4 rings (SSSR count). The van der Waals surface area contributed by atoms with E-state index in [1.54, 1.807) is 28.8 Å². The number of aromatic nitrogens is 5. The van der Waals surface area contributed by atoms with Gasteiger partial charge in [0.25, 0.3) is 5.78 Å². The van der Waals surface area contributed by atoms with Gasteiger partial charge in [-0.25, -0.2) is 22.9 Å². The molecule has 0 unspecified atom stereocenters. The Balaban J connectivity index is 1.39. The number of aryl methyl sites for hydroxylation is 2. The van der Waals surface area contributed by atoms with Crippen LogP contribution in [-0.2, 0) is 21.2 Å². The molecule has 0 saturated heterocycles. The molecule has 0 aliphatic heterocycles. The number of thiazole rings is 1. The van der Waals surface area contributed by atoms with Crippen molar-refractivity contribution in [3.63, 3.8) is 0 Å². The van der Waals surface area contributed by atoms with E-state index < -0.39 is 10.0 Å². The van der Waals surface area contributed by atoms with E-state index in [9.17, 15) is 13.2 Å². The first-order valence-corrected chi connectivity index (χ1v) is 12.5. The Labute approximate surface area is 188 Å². The largest absolute Gasteiger partial charge is 0.302 e. The third-order valence-electron chi connectivity index (χ3n) is 4.83. The lowest BCUT2D eigenvalue weighted by molar-refractivity contribution is -0.116. The quantitative estimate of drug-likeness (QED) is 0.424. The van der Waals surface area contributed by atoms with E-state index in [2.05, 4.69) is 30.1 Å². The summed E-state index contributed by atoms with van der Waals surface area (Å²) in [4.78, 5) is 25.5. The number of hydrogen-bond acceptors (Lipinski definition) is 8. The van der Waals surface area contributed by atoms with Crippen LogP contribution in [0.3, 0.4) is 0 Å². The maximum Gasteiger partial charge on any atom is 0.252 e. The van der Waals surface area contributed by atoms with Gasteiger partial charge in [0.2, 0.25) is 15.9 Å². The van der Waals surface area contributed by atoms with Gasteiger partial charge in [0.15, 0.2) is 5.13 Å². The van der Waals surface area contributed by atoms with E-state index in [0.29, 0.717) is 28.7 Å². The molecule has 0 atom stereocenters. The zero-order valence-corrected chi connectivity index (χ0v) is 19.3. The van der Waals surface area contributed by atoms with Crippen LogP contribution >= 0.6 is 11.3 Å². The normalized spacial score (nSPS) is 11.6. The van der Waals surface area contributed by atoms with E-state index in [4.69, 9.17) is 0 Å². The molecule has 0 aliphatic rings. The van der Waals surface area contributed by atoms with E-state index in [0.717, 1.165) is 28.8 Å². The highest BCUT2D eigenvalue weighted by atomic mass is 32.2. The van der Waals surface area contributed by atoms with Crippen LogP contribution in [0.5, 0.6) is 0 Å². The summed E-state index contributed by atoms with van der Waals surface area (Å²) in [6.45, 7) is 3.84. The fourth-order valence-electron chi connectivity index (χ4n) is 3.32. The van der Waals surface area contributed by atoms with Gasteiger partial charge in [0.05, 0.1) is 11.9 Å². The fraction of sp³-hybridized carbons (Fsp3) is 0.250. The number of hydrogen-bond donors (Lipinski definition) is 2. The average Bonchev–Trinajstić information content (AvgIpc) is 3.37. The molecule has 10 nitrogen and oxygen atoms in total. The van der Waals surface area contributed by atoms with E-state index in [1.807, 2.05) is 19.2 Å². The predicted octanol–water partition coefficient (Wildman–Crippen LogP) is 2.81.